The zero-order valence-corrected chi connectivity index (χ0v) is 21.9. The summed E-state index contributed by atoms with van der Waals surface area (Å²) in [4.78, 5) is 13.3. The fraction of sp³-hybridized carbons (Fsp3) is 0.394. The van der Waals surface area contributed by atoms with Gasteiger partial charge in [-0.3, -0.25) is 9.89 Å². The number of carbonyl (C=O) groups is 1. The molecule has 0 aliphatic heterocycles. The number of rotatable bonds is 7. The first kappa shape index (κ1) is 24.9. The monoisotopic (exact) mass is 507 g/mol. The zero-order valence-electron chi connectivity index (χ0n) is 21.9. The van der Waals surface area contributed by atoms with Crippen molar-refractivity contribution < 1.29 is 9.90 Å². The Morgan fingerprint density at radius 2 is 1.71 bits per heavy atom. The first-order valence-corrected chi connectivity index (χ1v) is 14.3. The number of carbonyl (C=O) groups excluding carboxylic acids is 1. The highest BCUT2D eigenvalue weighted by atomic mass is 16.3. The average Bonchev–Trinajstić information content (AvgIpc) is 3.67. The van der Waals surface area contributed by atoms with E-state index in [1.165, 1.54) is 18.4 Å². The topological polar surface area (TPSA) is 78.0 Å². The maximum atomic E-state index is 13.3. The van der Waals surface area contributed by atoms with Gasteiger partial charge in [0.05, 0.1) is 23.2 Å². The number of H-pyrrole nitrogens is 1. The lowest BCUT2D eigenvalue weighted by atomic mass is 9.85. The molecule has 2 aliphatic rings. The molecule has 4 aromatic rings. The van der Waals surface area contributed by atoms with E-state index < -0.39 is 0 Å². The van der Waals surface area contributed by atoms with Crippen molar-refractivity contribution >= 4 is 22.5 Å². The van der Waals surface area contributed by atoms with Crippen LogP contribution in [0, 0.1) is 11.8 Å². The molecule has 0 bridgehead atoms. The minimum Gasteiger partial charge on any atom is -0.393 e. The third-order valence-corrected chi connectivity index (χ3v) is 8.42. The second-order valence-corrected chi connectivity index (χ2v) is 11.3. The predicted molar refractivity (Wildman–Crippen MR) is 153 cm³/mol. The van der Waals surface area contributed by atoms with Gasteiger partial charge in [0.15, 0.2) is 0 Å². The van der Waals surface area contributed by atoms with E-state index >= 15 is 0 Å². The Kier molecular flexibility index (Phi) is 7.28. The number of amides is 1. The molecule has 0 spiro atoms. The molecule has 1 heterocycles. The molecular formula is C33H37N3O2. The van der Waals surface area contributed by atoms with E-state index in [0.29, 0.717) is 11.8 Å². The van der Waals surface area contributed by atoms with Crippen molar-refractivity contribution in [3.05, 3.63) is 83.9 Å². The van der Waals surface area contributed by atoms with E-state index in [1.807, 2.05) is 36.4 Å². The summed E-state index contributed by atoms with van der Waals surface area (Å²) in [6.45, 7) is 0. The number of nitrogens with zero attached hydrogens (tertiary/aromatic N) is 1. The van der Waals surface area contributed by atoms with Crippen LogP contribution in [0.25, 0.3) is 22.2 Å². The van der Waals surface area contributed by atoms with Gasteiger partial charge in [-0.05, 0) is 79.7 Å². The Hall–Kier alpha value is -3.44. The normalized spacial score (nSPS) is 21.0. The van der Waals surface area contributed by atoms with E-state index in [2.05, 4.69) is 51.9 Å². The molecule has 38 heavy (non-hydrogen) atoms. The molecule has 3 unspecified atom stereocenters. The summed E-state index contributed by atoms with van der Waals surface area (Å²) in [5.41, 5.74) is 6.16. The lowest BCUT2D eigenvalue weighted by Gasteiger charge is -2.22. The van der Waals surface area contributed by atoms with Crippen LogP contribution < -0.4 is 5.32 Å². The molecule has 6 rings (SSSR count). The van der Waals surface area contributed by atoms with Gasteiger partial charge in [0.1, 0.15) is 0 Å². The molecule has 3 N–H and O–H groups in total. The number of aliphatic hydroxyl groups excluding tert-OH is 1. The van der Waals surface area contributed by atoms with Crippen molar-refractivity contribution in [2.75, 3.05) is 5.32 Å². The molecule has 1 amide bonds. The molecule has 5 heteroatoms. The highest BCUT2D eigenvalue weighted by Gasteiger charge is 2.37. The minimum absolute atomic E-state index is 0.0641. The van der Waals surface area contributed by atoms with E-state index in [4.69, 9.17) is 0 Å². The molecule has 0 radical (unpaired) electrons. The van der Waals surface area contributed by atoms with Gasteiger partial charge in [-0.1, -0.05) is 73.9 Å². The van der Waals surface area contributed by atoms with Gasteiger partial charge >= 0.3 is 0 Å². The summed E-state index contributed by atoms with van der Waals surface area (Å²) in [6.07, 6.45) is 9.74. The van der Waals surface area contributed by atoms with Crippen LogP contribution in [0.2, 0.25) is 0 Å². The quantitative estimate of drug-likeness (QED) is 0.247. The SMILES string of the molecule is O=C(Nc1ccc2[nH]nc(-c3ccc(CC4CCCCC(O)CC4)cc3)c2c1)C(c1ccccc1)C1CC1. The van der Waals surface area contributed by atoms with Crippen LogP contribution in [0.15, 0.2) is 72.8 Å². The number of anilines is 1. The molecule has 3 aromatic carbocycles. The molecule has 2 aliphatic carbocycles. The molecule has 1 aromatic heterocycles. The van der Waals surface area contributed by atoms with Crippen LogP contribution in [0.5, 0.6) is 0 Å². The Morgan fingerprint density at radius 1 is 0.921 bits per heavy atom. The number of aliphatic hydroxyl groups is 1. The van der Waals surface area contributed by atoms with Crippen molar-refractivity contribution in [3.8, 4) is 11.3 Å². The number of hydrogen-bond donors (Lipinski definition) is 3. The highest BCUT2D eigenvalue weighted by molar-refractivity contribution is 6.00. The zero-order chi connectivity index (χ0) is 25.9. The van der Waals surface area contributed by atoms with Crippen LogP contribution in [-0.4, -0.2) is 27.3 Å². The number of fused-ring (bicyclic) bond motifs is 1. The maximum Gasteiger partial charge on any atom is 0.232 e. The van der Waals surface area contributed by atoms with E-state index in [1.54, 1.807) is 0 Å². The van der Waals surface area contributed by atoms with Crippen molar-refractivity contribution in [2.24, 2.45) is 11.8 Å². The van der Waals surface area contributed by atoms with Gasteiger partial charge in [0.2, 0.25) is 5.91 Å². The molecule has 3 atom stereocenters. The fourth-order valence-corrected chi connectivity index (χ4v) is 6.13. The number of nitrogens with one attached hydrogen (secondary N) is 2. The van der Waals surface area contributed by atoms with Crippen LogP contribution in [0.3, 0.4) is 0 Å². The Labute approximate surface area is 224 Å². The fourth-order valence-electron chi connectivity index (χ4n) is 6.13. The smallest absolute Gasteiger partial charge is 0.232 e. The number of benzene rings is 3. The van der Waals surface area contributed by atoms with Crippen molar-refractivity contribution in [1.82, 2.24) is 10.2 Å². The maximum absolute atomic E-state index is 13.3. The second kappa shape index (κ2) is 11.1. The van der Waals surface area contributed by atoms with Crippen LogP contribution in [0.4, 0.5) is 5.69 Å². The molecule has 0 saturated heterocycles. The van der Waals surface area contributed by atoms with Gasteiger partial charge in [-0.25, -0.2) is 0 Å². The molecule has 196 valence electrons. The number of aromatic nitrogens is 2. The summed E-state index contributed by atoms with van der Waals surface area (Å²) in [7, 11) is 0. The van der Waals surface area contributed by atoms with Crippen LogP contribution in [-0.2, 0) is 11.2 Å². The number of hydrogen-bond acceptors (Lipinski definition) is 3. The third kappa shape index (κ3) is 5.68. The van der Waals surface area contributed by atoms with Crippen molar-refractivity contribution in [1.29, 1.82) is 0 Å². The van der Waals surface area contributed by atoms with Gasteiger partial charge in [-0.15, -0.1) is 0 Å². The summed E-state index contributed by atoms with van der Waals surface area (Å²) in [5, 5.41) is 22.0. The highest BCUT2D eigenvalue weighted by Crippen LogP contribution is 2.43. The molecule has 2 saturated carbocycles. The average molecular weight is 508 g/mol. The molecular weight excluding hydrogens is 470 g/mol. The van der Waals surface area contributed by atoms with Crippen molar-refractivity contribution in [2.45, 2.75) is 69.8 Å². The lowest BCUT2D eigenvalue weighted by Crippen LogP contribution is -2.22. The van der Waals surface area contributed by atoms with Gasteiger partial charge in [-0.2, -0.15) is 5.10 Å². The minimum atomic E-state index is -0.124. The summed E-state index contributed by atoms with van der Waals surface area (Å²) in [5.74, 6) is 1.03. The van der Waals surface area contributed by atoms with Gasteiger partial charge in [0, 0.05) is 16.6 Å². The standard InChI is InChI=1S/C33H37N3O2/c37-28-9-5-4-6-22(12-18-28)20-23-10-13-26(14-11-23)32-29-21-27(17-19-30(29)35-36-32)34-33(38)31(25-15-16-25)24-7-2-1-3-8-24/h1-3,7-8,10-11,13-14,17,19,21-22,25,28,31,37H,4-6,9,12,15-16,18,20H2,(H,34,38)(H,35,36). The van der Waals surface area contributed by atoms with E-state index in [9.17, 15) is 9.90 Å². The lowest BCUT2D eigenvalue weighted by molar-refractivity contribution is -0.118. The Morgan fingerprint density at radius 3 is 2.50 bits per heavy atom. The van der Waals surface area contributed by atoms with Gasteiger partial charge in [0.25, 0.3) is 0 Å². The van der Waals surface area contributed by atoms with E-state index in [-0.39, 0.29) is 17.9 Å². The second-order valence-electron chi connectivity index (χ2n) is 11.3. The Balaban J connectivity index is 1.18. The third-order valence-electron chi connectivity index (χ3n) is 8.42. The largest absolute Gasteiger partial charge is 0.393 e. The van der Waals surface area contributed by atoms with Gasteiger partial charge < -0.3 is 10.4 Å². The molecule has 5 nitrogen and oxygen atoms in total. The summed E-state index contributed by atoms with van der Waals surface area (Å²) >= 11 is 0. The summed E-state index contributed by atoms with van der Waals surface area (Å²) in [6, 6.07) is 24.9. The Bertz CT molecular complexity index is 1370. The molecule has 2 fully saturated rings. The predicted octanol–water partition coefficient (Wildman–Crippen LogP) is 7.24. The first-order valence-electron chi connectivity index (χ1n) is 14.3. The van der Waals surface area contributed by atoms with Crippen molar-refractivity contribution in [3.63, 3.8) is 0 Å². The van der Waals surface area contributed by atoms with Crippen LogP contribution in [0.1, 0.15) is 68.4 Å². The number of aromatic amines is 1. The van der Waals surface area contributed by atoms with Crippen LogP contribution >= 0.6 is 0 Å². The first-order chi connectivity index (χ1) is 18.6. The summed E-state index contributed by atoms with van der Waals surface area (Å²) < 4.78 is 0. The van der Waals surface area contributed by atoms with E-state index in [0.717, 1.165) is 78.4 Å².